The Labute approximate surface area is 842 Å². The van der Waals surface area contributed by atoms with E-state index in [1.54, 1.807) is 97.1 Å². The van der Waals surface area contributed by atoms with E-state index in [0.717, 1.165) is 135 Å². The quantitative estimate of drug-likeness (QED) is 0.0522. The molecule has 0 radical (unpaired) electrons. The Kier molecular flexibility index (Phi) is 24.0. The van der Waals surface area contributed by atoms with E-state index >= 15 is 0 Å². The zero-order chi connectivity index (χ0) is 98.8. The molecule has 0 saturated carbocycles. The lowest BCUT2D eigenvalue weighted by atomic mass is 10.0. The van der Waals surface area contributed by atoms with Crippen LogP contribution in [0.1, 0.15) is 105 Å². The number of benzene rings is 18. The normalized spacial score (nSPS) is 14.1. The lowest BCUT2D eigenvalue weighted by molar-refractivity contribution is 0.0966. The fraction of sp³-hybridized carbons (Fsp3) is 0. The highest BCUT2D eigenvalue weighted by Crippen LogP contribution is 2.47. The molecule has 146 heavy (non-hydrogen) atoms. The van der Waals surface area contributed by atoms with Gasteiger partial charge < -0.3 is 29.1 Å². The van der Waals surface area contributed by atoms with E-state index in [2.05, 4.69) is 165 Å². The van der Waals surface area contributed by atoms with Crippen molar-refractivity contribution in [2.75, 3.05) is 19.6 Å². The van der Waals surface area contributed by atoms with Crippen molar-refractivity contribution >= 4 is 139 Å². The van der Waals surface area contributed by atoms with E-state index in [9.17, 15) is 38.4 Å². The number of anilines is 12. The number of allylic oxidation sites excluding steroid dienone is 10. The highest BCUT2D eigenvalue weighted by atomic mass is 16.5. The van der Waals surface area contributed by atoms with Crippen LogP contribution in [0.5, 0.6) is 11.5 Å². The zero-order valence-electron chi connectivity index (χ0n) is 78.4. The van der Waals surface area contributed by atoms with Gasteiger partial charge in [-0.2, -0.15) is 0 Å². The summed E-state index contributed by atoms with van der Waals surface area (Å²) < 4.78 is 12.7. The minimum Gasteiger partial charge on any atom is -0.456 e. The lowest BCUT2D eigenvalue weighted by Crippen LogP contribution is -2.13. The van der Waals surface area contributed by atoms with Crippen LogP contribution in [0.15, 0.2) is 519 Å². The first kappa shape index (κ1) is 89.9. The van der Waals surface area contributed by atoms with Crippen LogP contribution in [-0.4, -0.2) is 46.3 Å². The Morgan fingerprint density at radius 1 is 0.178 bits per heavy atom. The van der Waals surface area contributed by atoms with Gasteiger partial charge in [0, 0.05) is 136 Å². The number of fused-ring (bicyclic) bond motifs is 6. The number of carbonyl (C=O) groups excluding carboxylic acids is 8. The van der Waals surface area contributed by atoms with Crippen molar-refractivity contribution < 1.29 is 47.8 Å². The number of ether oxygens (including phenoxy) is 2. The zero-order valence-corrected chi connectivity index (χ0v) is 78.4. The molecule has 0 spiro atoms. The lowest BCUT2D eigenvalue weighted by Gasteiger charge is -2.27. The highest BCUT2D eigenvalue weighted by Gasteiger charge is 2.40. The molecule has 0 amide bonds. The van der Waals surface area contributed by atoms with Crippen LogP contribution in [0.25, 0.3) is 68.8 Å². The van der Waals surface area contributed by atoms with Crippen LogP contribution < -0.4 is 29.1 Å². The molecular weight excluding hydrogens is 1800 g/mol. The number of hydrogen-bond acceptors (Lipinski definition) is 14. The van der Waals surface area contributed by atoms with E-state index < -0.39 is 0 Å². The summed E-state index contributed by atoms with van der Waals surface area (Å²) >= 11 is 0. The molecule has 14 nitrogen and oxygen atoms in total. The van der Waals surface area contributed by atoms with Crippen LogP contribution in [0.3, 0.4) is 0 Å². The van der Waals surface area contributed by atoms with Crippen molar-refractivity contribution in [2.45, 2.75) is 0 Å². The largest absolute Gasteiger partial charge is 0.456 e. The standard InChI is InChI=1S/C72H48N2O4.C60H36N2O6/c75-69-63-45-35-55(51-17-5-1-6-18-51)47-67(63)71(77)65(69)25-13-15-49-27-37-59(38-28-49)73(57-21-9-3-10-22-57)61-41-31-53(32-42-61)54-33-43-62(44-34-54)74(58-23-11-4-12-24-58)60-39-29-50(30-40-60)16-14-26-66-70(76)64-46-36-56(48-68(64)72(66)78)52-19-7-2-8-20-52;63-57-47-15-7-8-16-48(47)58(64)55(57)51-33-25-39-23-31-45(35-53(39)67-51)61(41-11-3-1-4-12-41)43-27-19-37(20-28-43)38-21-29-44(30-22-38)62(42-13-5-2-6-14-42)46-32-24-40-26-34-52(68-54(40)36-46)56-59(65)49-17-9-10-18-50(49)60(56)66/h1-48H;1-36H/b15-13+,16-14+,65-25+,66-26+;. The number of rotatable bonds is 20. The summed E-state index contributed by atoms with van der Waals surface area (Å²) in [5.74, 6) is -0.801. The fourth-order valence-corrected chi connectivity index (χ4v) is 19.5. The second-order valence-corrected chi connectivity index (χ2v) is 35.7. The minimum atomic E-state index is -0.333. The number of ketones is 8. The molecule has 0 unspecified atom stereocenters. The third-order valence-corrected chi connectivity index (χ3v) is 26.9. The van der Waals surface area contributed by atoms with Crippen LogP contribution in [-0.2, 0) is 0 Å². The number of hydrogen-bond donors (Lipinski definition) is 0. The number of Topliss-reactive ketones (excluding diaryl/α,β-unsaturated/α-hetero) is 8. The molecule has 0 bridgehead atoms. The van der Waals surface area contributed by atoms with Gasteiger partial charge in [0.15, 0.2) is 23.1 Å². The van der Waals surface area contributed by atoms with Crippen LogP contribution in [0.2, 0.25) is 0 Å². The molecule has 0 fully saturated rings. The molecule has 0 N–H and O–H groups in total. The molecule has 14 heteroatoms. The molecular formula is C132H84N4O10. The minimum absolute atomic E-state index is 0.0399. The van der Waals surface area contributed by atoms with E-state index in [4.69, 9.17) is 9.47 Å². The molecule has 24 rings (SSSR count). The predicted octanol–water partition coefficient (Wildman–Crippen LogP) is 31.4. The van der Waals surface area contributed by atoms with Gasteiger partial charge in [0.25, 0.3) is 0 Å². The Hall–Kier alpha value is -20.0. The Bertz CT molecular complexity index is 8030. The second kappa shape index (κ2) is 39.0. The number of para-hydroxylation sites is 4. The van der Waals surface area contributed by atoms with Gasteiger partial charge in [0.2, 0.25) is 23.1 Å². The summed E-state index contributed by atoms with van der Waals surface area (Å²) in [6.45, 7) is 0. The summed E-state index contributed by atoms with van der Waals surface area (Å²) in [6.07, 6.45) is 17.7. The van der Waals surface area contributed by atoms with Crippen molar-refractivity contribution in [3.05, 3.63) is 586 Å². The molecule has 0 saturated heterocycles. The smallest absolute Gasteiger partial charge is 0.201 e. The average Bonchev–Trinajstić information content (AvgIpc) is 1.66. The average molecular weight is 1890 g/mol. The van der Waals surface area contributed by atoms with Crippen molar-refractivity contribution in [3.63, 3.8) is 0 Å². The van der Waals surface area contributed by atoms with Crippen molar-refractivity contribution in [2.24, 2.45) is 0 Å². The van der Waals surface area contributed by atoms with Crippen LogP contribution in [0, 0.1) is 0 Å². The molecule has 2 heterocycles. The first-order chi connectivity index (χ1) is 71.7. The highest BCUT2D eigenvalue weighted by molar-refractivity contribution is 6.42. The summed E-state index contributed by atoms with van der Waals surface area (Å²) in [5, 5.41) is 0. The van der Waals surface area contributed by atoms with Gasteiger partial charge in [-0.15, -0.1) is 0 Å². The summed E-state index contributed by atoms with van der Waals surface area (Å²) in [6, 6.07) is 147. The third-order valence-electron chi connectivity index (χ3n) is 26.9. The van der Waals surface area contributed by atoms with Gasteiger partial charge >= 0.3 is 0 Å². The molecule has 2 aliphatic heterocycles. The Morgan fingerprint density at radius 2 is 0.404 bits per heavy atom. The topological polar surface area (TPSA) is 168 Å². The molecule has 0 atom stereocenters. The van der Waals surface area contributed by atoms with Crippen LogP contribution in [0.4, 0.5) is 68.2 Å². The van der Waals surface area contributed by atoms with Gasteiger partial charge in [-0.3, -0.25) is 38.4 Å². The molecule has 18 aromatic carbocycles. The molecule has 6 aliphatic rings. The summed E-state index contributed by atoms with van der Waals surface area (Å²) in [5.41, 5.74) is 26.6. The predicted molar refractivity (Wildman–Crippen MR) is 581 cm³/mol. The SMILES string of the molecule is O=C1/C(=C\C=C\c2ccc(N(c3ccccc3)c3ccc(-c4ccc(N(c5ccccc5)c5ccc(/C=C/C=C6\C(=O)c7ccc(-c8ccccc8)cc7C6=O)cc5)cc4)cc3)cc2)C(=O)c2cc(-c3ccccc3)ccc21.O=C1C(=C2C=Cc3ccc(N(c4ccccc4)c4ccc(-c5ccc(N(c6ccccc6)c6ccc7c(c6)OC(=C6C(=O)c8ccccc8C6=O)C=C7)cc5)cc4)cc3O2)C(=O)c2ccccc21. The Morgan fingerprint density at radius 3 is 0.699 bits per heavy atom. The van der Waals surface area contributed by atoms with E-state index in [1.165, 1.54) is 0 Å². The van der Waals surface area contributed by atoms with Gasteiger partial charge in [0.05, 0.1) is 11.1 Å². The van der Waals surface area contributed by atoms with Crippen molar-refractivity contribution in [3.8, 4) is 56.0 Å². The third kappa shape index (κ3) is 17.5. The van der Waals surface area contributed by atoms with E-state index in [1.807, 2.05) is 267 Å². The van der Waals surface area contributed by atoms with Crippen molar-refractivity contribution in [1.82, 2.24) is 0 Å². The molecule has 4 aliphatic carbocycles. The first-order valence-electron chi connectivity index (χ1n) is 47.9. The van der Waals surface area contributed by atoms with E-state index in [-0.39, 0.29) is 80.1 Å². The maximum Gasteiger partial charge on any atom is 0.201 e. The Balaban J connectivity index is 0.000000163. The number of carbonyl (C=O) groups is 8. The fourth-order valence-electron chi connectivity index (χ4n) is 19.5. The monoisotopic (exact) mass is 1880 g/mol. The molecule has 0 aromatic heterocycles. The van der Waals surface area contributed by atoms with Gasteiger partial charge in [-0.25, -0.2) is 0 Å². The summed E-state index contributed by atoms with van der Waals surface area (Å²) in [7, 11) is 0. The van der Waals surface area contributed by atoms with Gasteiger partial charge in [-0.1, -0.05) is 291 Å². The van der Waals surface area contributed by atoms with E-state index in [0.29, 0.717) is 56.0 Å². The second-order valence-electron chi connectivity index (χ2n) is 35.7. The maximum atomic E-state index is 13.4. The maximum absolute atomic E-state index is 13.4. The van der Waals surface area contributed by atoms with Crippen molar-refractivity contribution in [1.29, 1.82) is 0 Å². The van der Waals surface area contributed by atoms with Gasteiger partial charge in [-0.05, 0) is 262 Å². The first-order valence-corrected chi connectivity index (χ1v) is 47.9. The van der Waals surface area contributed by atoms with Crippen LogP contribution >= 0.6 is 0 Å². The molecule has 18 aromatic rings. The number of nitrogens with zero attached hydrogens (tertiary/aromatic N) is 4. The van der Waals surface area contributed by atoms with Gasteiger partial charge in [0.1, 0.15) is 34.2 Å². The summed E-state index contributed by atoms with van der Waals surface area (Å²) in [4.78, 5) is 116. The molecule has 692 valence electrons.